The van der Waals surface area contributed by atoms with Crippen molar-refractivity contribution in [3.8, 4) is 5.69 Å². The quantitative estimate of drug-likeness (QED) is 0.486. The first kappa shape index (κ1) is 15.8. The van der Waals surface area contributed by atoms with Gasteiger partial charge < -0.3 is 5.21 Å². The van der Waals surface area contributed by atoms with Crippen molar-refractivity contribution in [2.24, 2.45) is 0 Å². The number of hydrogen-bond donors (Lipinski definition) is 0. The van der Waals surface area contributed by atoms with Crippen LogP contribution < -0.4 is 0 Å². The summed E-state index contributed by atoms with van der Waals surface area (Å²) in [7, 11) is 0. The molecule has 0 N–H and O–H groups in total. The Morgan fingerprint density at radius 3 is 2.68 bits per heavy atom. The minimum absolute atomic E-state index is 0.0324. The molecule has 3 aromatic rings. The van der Waals surface area contributed by atoms with Gasteiger partial charge in [-0.1, -0.05) is 23.7 Å². The number of benzene rings is 2. The van der Waals surface area contributed by atoms with E-state index in [0.29, 0.717) is 16.4 Å². The molecule has 4 nitrogen and oxygen atoms in total. The highest BCUT2D eigenvalue weighted by molar-refractivity contribution is 6.31. The summed E-state index contributed by atoms with van der Waals surface area (Å²) in [5.74, 6) is 0.177. The number of hydroxylamine groups is 1. The summed E-state index contributed by atoms with van der Waals surface area (Å²) in [6.45, 7) is 3.89. The van der Waals surface area contributed by atoms with Gasteiger partial charge in [-0.15, -0.1) is 0 Å². The number of rotatable bonds is 1. The minimum atomic E-state index is -0.447. The van der Waals surface area contributed by atoms with Crippen molar-refractivity contribution < 1.29 is 9.13 Å². The number of halogens is 2. The predicted octanol–water partition coefficient (Wildman–Crippen LogP) is 4.14. The second kappa shape index (κ2) is 5.70. The van der Waals surface area contributed by atoms with Crippen LogP contribution in [0.1, 0.15) is 28.3 Å². The average Bonchev–Trinajstić information content (AvgIpc) is 2.78. The van der Waals surface area contributed by atoms with Crippen LogP contribution in [0, 0.1) is 24.9 Å². The molecule has 1 aromatic heterocycles. The molecule has 1 aliphatic heterocycles. The molecule has 0 aliphatic carbocycles. The molecule has 0 saturated heterocycles. The van der Waals surface area contributed by atoms with Gasteiger partial charge in [0.25, 0.3) is 0 Å². The van der Waals surface area contributed by atoms with Crippen molar-refractivity contribution in [2.75, 3.05) is 0 Å². The van der Waals surface area contributed by atoms with Gasteiger partial charge in [0.15, 0.2) is 5.82 Å². The van der Waals surface area contributed by atoms with Crippen molar-refractivity contribution in [2.45, 2.75) is 20.4 Å². The van der Waals surface area contributed by atoms with Gasteiger partial charge >= 0.3 is 0 Å². The molecule has 2 aromatic carbocycles. The highest BCUT2D eigenvalue weighted by Gasteiger charge is 2.30. The Kier molecular flexibility index (Phi) is 3.62. The standard InChI is InChI=1S/C19H15ClFN3O/c1-11-12(2)24-17-8-7-13(20)9-15(17)19(23(25)10-18(24)22-11)14-5-3-4-6-16(14)21/h3-9H,10H2,1-2H3. The van der Waals surface area contributed by atoms with Crippen LogP contribution in [0.5, 0.6) is 0 Å². The van der Waals surface area contributed by atoms with E-state index >= 15 is 0 Å². The molecule has 2 heterocycles. The smallest absolute Gasteiger partial charge is 0.231 e. The molecule has 126 valence electrons. The van der Waals surface area contributed by atoms with Crippen LogP contribution >= 0.6 is 11.6 Å². The largest absolute Gasteiger partial charge is 0.623 e. The molecule has 25 heavy (non-hydrogen) atoms. The number of aryl methyl sites for hydroxylation is 1. The van der Waals surface area contributed by atoms with Crippen LogP contribution in [-0.4, -0.2) is 20.0 Å². The molecule has 0 bridgehead atoms. The van der Waals surface area contributed by atoms with Crippen molar-refractivity contribution in [1.82, 2.24) is 9.55 Å². The molecule has 0 unspecified atom stereocenters. The first-order chi connectivity index (χ1) is 12.0. The SMILES string of the molecule is Cc1nc2n(c1C)-c1ccc(Cl)cc1C(c1ccccc1F)=[N+]([O-])C2. The lowest BCUT2D eigenvalue weighted by atomic mass is 9.99. The summed E-state index contributed by atoms with van der Waals surface area (Å²) in [6.07, 6.45) is 0. The molecular formula is C19H15ClFN3O. The van der Waals surface area contributed by atoms with Gasteiger partial charge in [-0.3, -0.25) is 4.57 Å². The fourth-order valence-electron chi connectivity index (χ4n) is 3.27. The number of imidazole rings is 1. The molecule has 4 rings (SSSR count). The third-order valence-corrected chi connectivity index (χ3v) is 4.77. The highest BCUT2D eigenvalue weighted by Crippen LogP contribution is 2.30. The van der Waals surface area contributed by atoms with E-state index in [9.17, 15) is 9.60 Å². The Balaban J connectivity index is 2.10. The van der Waals surface area contributed by atoms with Crippen LogP contribution in [0.2, 0.25) is 5.02 Å². The molecule has 0 fully saturated rings. The highest BCUT2D eigenvalue weighted by atomic mass is 35.5. The lowest BCUT2D eigenvalue weighted by Crippen LogP contribution is -2.19. The van der Waals surface area contributed by atoms with Gasteiger partial charge in [-0.05, 0) is 44.2 Å². The van der Waals surface area contributed by atoms with E-state index < -0.39 is 5.82 Å². The molecule has 0 spiro atoms. The van der Waals surface area contributed by atoms with Gasteiger partial charge in [0.1, 0.15) is 5.82 Å². The zero-order valence-electron chi connectivity index (χ0n) is 13.8. The fraction of sp³-hybridized carbons (Fsp3) is 0.158. The normalized spacial score (nSPS) is 13.4. The van der Waals surface area contributed by atoms with Crippen molar-refractivity contribution in [3.05, 3.63) is 86.9 Å². The van der Waals surface area contributed by atoms with E-state index in [1.165, 1.54) is 6.07 Å². The molecule has 0 saturated carbocycles. The zero-order chi connectivity index (χ0) is 17.7. The van der Waals surface area contributed by atoms with E-state index in [1.807, 2.05) is 24.5 Å². The maximum atomic E-state index is 14.4. The summed E-state index contributed by atoms with van der Waals surface area (Å²) in [5.41, 5.74) is 3.68. The third kappa shape index (κ3) is 2.43. The second-order valence-electron chi connectivity index (χ2n) is 6.06. The average molecular weight is 356 g/mol. The predicted molar refractivity (Wildman–Crippen MR) is 95.0 cm³/mol. The topological polar surface area (TPSA) is 43.9 Å². The second-order valence-corrected chi connectivity index (χ2v) is 6.50. The van der Waals surface area contributed by atoms with Crippen LogP contribution in [0.3, 0.4) is 0 Å². The lowest BCUT2D eigenvalue weighted by molar-refractivity contribution is -0.475. The number of hydrogen-bond acceptors (Lipinski definition) is 2. The summed E-state index contributed by atoms with van der Waals surface area (Å²) in [6, 6.07) is 11.6. The van der Waals surface area contributed by atoms with Crippen LogP contribution in [0.4, 0.5) is 4.39 Å². The van der Waals surface area contributed by atoms with Crippen molar-refractivity contribution >= 4 is 17.3 Å². The van der Waals surface area contributed by atoms with E-state index in [1.54, 1.807) is 30.3 Å². The monoisotopic (exact) mass is 355 g/mol. The van der Waals surface area contributed by atoms with E-state index in [4.69, 9.17) is 11.6 Å². The Labute approximate surface area is 149 Å². The summed E-state index contributed by atoms with van der Waals surface area (Å²) in [5, 5.41) is 13.4. The fourth-order valence-corrected chi connectivity index (χ4v) is 3.45. The summed E-state index contributed by atoms with van der Waals surface area (Å²) >= 11 is 6.19. The molecule has 0 atom stereocenters. The van der Waals surface area contributed by atoms with Gasteiger partial charge in [0.05, 0.1) is 22.5 Å². The first-order valence-corrected chi connectivity index (χ1v) is 8.27. The third-order valence-electron chi connectivity index (χ3n) is 4.53. The van der Waals surface area contributed by atoms with Crippen molar-refractivity contribution in [1.29, 1.82) is 0 Å². The number of nitrogens with zero attached hydrogens (tertiary/aromatic N) is 3. The van der Waals surface area contributed by atoms with Gasteiger partial charge in [-0.2, -0.15) is 4.74 Å². The van der Waals surface area contributed by atoms with Crippen LogP contribution in [0.25, 0.3) is 5.69 Å². The lowest BCUT2D eigenvalue weighted by Gasteiger charge is -2.13. The molecule has 0 radical (unpaired) electrons. The molecular weight excluding hydrogens is 341 g/mol. The Morgan fingerprint density at radius 1 is 1.16 bits per heavy atom. The molecule has 6 heteroatoms. The molecule has 1 aliphatic rings. The maximum absolute atomic E-state index is 14.4. The van der Waals surface area contributed by atoms with E-state index in [-0.39, 0.29) is 17.8 Å². The van der Waals surface area contributed by atoms with Gasteiger partial charge in [-0.25, -0.2) is 9.37 Å². The van der Waals surface area contributed by atoms with Gasteiger partial charge in [0.2, 0.25) is 12.3 Å². The van der Waals surface area contributed by atoms with Crippen LogP contribution in [-0.2, 0) is 6.54 Å². The molecule has 0 amide bonds. The van der Waals surface area contributed by atoms with Gasteiger partial charge in [0, 0.05) is 10.7 Å². The van der Waals surface area contributed by atoms with E-state index in [0.717, 1.165) is 21.8 Å². The van der Waals surface area contributed by atoms with Crippen LogP contribution in [0.15, 0.2) is 42.5 Å². The van der Waals surface area contributed by atoms with E-state index in [2.05, 4.69) is 4.98 Å². The zero-order valence-corrected chi connectivity index (χ0v) is 14.5. The summed E-state index contributed by atoms with van der Waals surface area (Å²) < 4.78 is 17.2. The minimum Gasteiger partial charge on any atom is -0.623 e. The number of fused-ring (bicyclic) bond motifs is 3. The first-order valence-electron chi connectivity index (χ1n) is 7.89. The Bertz CT molecular complexity index is 1040. The summed E-state index contributed by atoms with van der Waals surface area (Å²) in [4.78, 5) is 4.51. The Morgan fingerprint density at radius 2 is 1.92 bits per heavy atom. The number of aromatic nitrogens is 2. The Hall–Kier alpha value is -2.66. The maximum Gasteiger partial charge on any atom is 0.231 e. The van der Waals surface area contributed by atoms with Crippen molar-refractivity contribution in [3.63, 3.8) is 0 Å².